The lowest BCUT2D eigenvalue weighted by molar-refractivity contribution is -0.150. The molecule has 1 fully saturated rings. The Morgan fingerprint density at radius 3 is 2.92 bits per heavy atom. The van der Waals surface area contributed by atoms with Gasteiger partial charge in [-0.15, -0.1) is 16.9 Å². The summed E-state index contributed by atoms with van der Waals surface area (Å²) in [5, 5.41) is 27.8. The van der Waals surface area contributed by atoms with E-state index in [1.54, 1.807) is 7.05 Å². The number of anilines is 1. The summed E-state index contributed by atoms with van der Waals surface area (Å²) in [4.78, 5) is 49.2. The van der Waals surface area contributed by atoms with E-state index in [1.807, 2.05) is 12.2 Å². The van der Waals surface area contributed by atoms with E-state index < -0.39 is 29.2 Å². The van der Waals surface area contributed by atoms with Crippen molar-refractivity contribution in [3.05, 3.63) is 29.2 Å². The number of rotatable bonds is 9. The van der Waals surface area contributed by atoms with Crippen LogP contribution in [0.15, 0.2) is 33.7 Å². The highest BCUT2D eigenvalue weighted by atomic mass is 32.2. The highest BCUT2D eigenvalue weighted by molar-refractivity contribution is 8.01. The molecule has 2 unspecified atom stereocenters. The average molecular weight is 579 g/mol. The van der Waals surface area contributed by atoms with Crippen LogP contribution in [0, 0.1) is 0 Å². The van der Waals surface area contributed by atoms with Gasteiger partial charge in [0.2, 0.25) is 16.7 Å². The van der Waals surface area contributed by atoms with Crippen LogP contribution >= 0.6 is 35.1 Å². The summed E-state index contributed by atoms with van der Waals surface area (Å²) >= 11 is 3.52. The second-order valence-electron chi connectivity index (χ2n) is 8.39. The summed E-state index contributed by atoms with van der Waals surface area (Å²) in [7, 11) is 1.68. The van der Waals surface area contributed by atoms with E-state index in [0.717, 1.165) is 30.8 Å². The Labute approximate surface area is 228 Å². The summed E-state index contributed by atoms with van der Waals surface area (Å²) in [6.45, 7) is 0. The number of hydrogen-bond donors (Lipinski definition) is 3. The van der Waals surface area contributed by atoms with Crippen LogP contribution in [0.1, 0.15) is 25.1 Å². The van der Waals surface area contributed by atoms with E-state index >= 15 is 0 Å². The Morgan fingerprint density at radius 1 is 1.42 bits per heavy atom. The smallest absolute Gasteiger partial charge is 0.352 e. The zero-order valence-corrected chi connectivity index (χ0v) is 22.3. The van der Waals surface area contributed by atoms with Gasteiger partial charge in [-0.25, -0.2) is 9.48 Å². The predicted molar refractivity (Wildman–Crippen MR) is 138 cm³/mol. The van der Waals surface area contributed by atoms with E-state index in [9.17, 15) is 19.5 Å². The van der Waals surface area contributed by atoms with E-state index in [4.69, 9.17) is 10.6 Å². The van der Waals surface area contributed by atoms with Crippen molar-refractivity contribution in [1.29, 1.82) is 0 Å². The number of tetrazole rings is 1. The van der Waals surface area contributed by atoms with Gasteiger partial charge < -0.3 is 21.0 Å². The maximum Gasteiger partial charge on any atom is 0.352 e. The molecule has 3 aliphatic rings. The molecule has 4 heterocycles. The Hall–Kier alpha value is -3.51. The molecular formula is C20H22N10O5S3. The van der Waals surface area contributed by atoms with Crippen LogP contribution in [0.3, 0.4) is 0 Å². The van der Waals surface area contributed by atoms with Crippen LogP contribution in [0.5, 0.6) is 0 Å². The topological polar surface area (TPSA) is 204 Å². The van der Waals surface area contributed by atoms with E-state index in [0.29, 0.717) is 16.5 Å². The number of allylic oxidation sites excluding steroid dienone is 1. The molecule has 15 nitrogen and oxygen atoms in total. The number of hydrogen-bond acceptors (Lipinski definition) is 14. The summed E-state index contributed by atoms with van der Waals surface area (Å²) in [5.41, 5.74) is 5.94. The number of carbonyl (C=O) groups excluding carboxylic acids is 2. The molecule has 0 aromatic carbocycles. The van der Waals surface area contributed by atoms with Crippen LogP contribution < -0.4 is 11.1 Å². The maximum atomic E-state index is 13.2. The van der Waals surface area contributed by atoms with Gasteiger partial charge in [0.05, 0.1) is 0 Å². The number of aryl methyl sites for hydroxylation is 1. The summed E-state index contributed by atoms with van der Waals surface area (Å²) in [5.74, 6) is -1.87. The normalized spacial score (nSPS) is 23.2. The third-order valence-corrected chi connectivity index (χ3v) is 8.83. The molecule has 0 radical (unpaired) electrons. The number of carboxylic acids is 1. The predicted octanol–water partition coefficient (Wildman–Crippen LogP) is 0.00410. The molecule has 3 atom stereocenters. The fourth-order valence-corrected chi connectivity index (χ4v) is 6.77. The number of aromatic nitrogens is 6. The fourth-order valence-electron chi connectivity index (χ4n) is 4.00. The second-order valence-corrected chi connectivity index (χ2v) is 11.2. The Kier molecular flexibility index (Phi) is 7.61. The zero-order valence-electron chi connectivity index (χ0n) is 19.9. The van der Waals surface area contributed by atoms with Crippen molar-refractivity contribution >= 4 is 63.7 Å². The van der Waals surface area contributed by atoms with E-state index in [1.165, 1.54) is 33.1 Å². The molecule has 1 saturated heterocycles. The average Bonchev–Trinajstić information content (AvgIpc) is 3.53. The number of nitrogens with two attached hydrogens (primary N) is 1. The third kappa shape index (κ3) is 5.23. The molecule has 2 aromatic heterocycles. The summed E-state index contributed by atoms with van der Waals surface area (Å²) in [6.07, 6.45) is 6.18. The highest BCUT2D eigenvalue weighted by Crippen LogP contribution is 2.41. The van der Waals surface area contributed by atoms with Crippen LogP contribution in [-0.4, -0.2) is 92.1 Å². The largest absolute Gasteiger partial charge is 0.477 e. The number of nitrogen functional groups attached to an aromatic ring is 1. The molecular weight excluding hydrogens is 556 g/mol. The van der Waals surface area contributed by atoms with Gasteiger partial charge in [-0.3, -0.25) is 14.5 Å². The molecule has 1 aliphatic carbocycles. The number of thioether (sulfide) groups is 2. The number of oxime groups is 1. The summed E-state index contributed by atoms with van der Waals surface area (Å²) < 4.78 is 5.53. The van der Waals surface area contributed by atoms with Crippen molar-refractivity contribution < 1.29 is 24.3 Å². The third-order valence-electron chi connectivity index (χ3n) is 5.85. The molecule has 200 valence electrons. The van der Waals surface area contributed by atoms with Crippen molar-refractivity contribution in [1.82, 2.24) is 39.8 Å². The highest BCUT2D eigenvalue weighted by Gasteiger charge is 2.54. The van der Waals surface area contributed by atoms with Crippen molar-refractivity contribution in [3.8, 4) is 0 Å². The maximum absolute atomic E-state index is 13.2. The first-order chi connectivity index (χ1) is 18.3. The Balaban J connectivity index is 1.31. The minimum absolute atomic E-state index is 0.0200. The van der Waals surface area contributed by atoms with Gasteiger partial charge in [0.15, 0.2) is 5.13 Å². The van der Waals surface area contributed by atoms with Gasteiger partial charge in [-0.1, -0.05) is 23.0 Å². The standard InChI is InChI=1S/C20H22N10O5S3/c1-29-20(24-27-28-29)37-8-9-7-36-17-12(16(32)30(17)13(9)18(33)34)22-15(31)11(14-23-19(21)38-26-14)25-35-10-5-3-2-4-6-10/h3,5,10,12,17H,2,4,6-8H2,1H3,(H,22,31)(H,33,34)(H2,21,23,26)/t10?,12?,17-/m1/s1. The number of amides is 2. The molecule has 2 aromatic rings. The number of β-lactam (4-membered cyclic amide) rings is 1. The van der Waals surface area contributed by atoms with Gasteiger partial charge in [0.25, 0.3) is 11.8 Å². The first-order valence-electron chi connectivity index (χ1n) is 11.4. The Morgan fingerprint density at radius 2 is 2.26 bits per heavy atom. The van der Waals surface area contributed by atoms with Crippen molar-refractivity contribution in [2.24, 2.45) is 12.2 Å². The Bertz CT molecular complexity index is 1350. The number of carbonyl (C=O) groups is 3. The quantitative estimate of drug-likeness (QED) is 0.118. The molecule has 0 saturated carbocycles. The fraction of sp³-hybridized carbons (Fsp3) is 0.450. The lowest BCUT2D eigenvalue weighted by atomic mass is 10.0. The monoisotopic (exact) mass is 578 g/mol. The van der Waals surface area contributed by atoms with E-state index in [2.05, 4.69) is 35.4 Å². The molecule has 0 bridgehead atoms. The van der Waals surface area contributed by atoms with Crippen molar-refractivity contribution in [2.75, 3.05) is 17.2 Å². The number of fused-ring (bicyclic) bond motifs is 1. The molecule has 5 rings (SSSR count). The van der Waals surface area contributed by atoms with Crippen molar-refractivity contribution in [3.63, 3.8) is 0 Å². The molecule has 2 amide bonds. The molecule has 4 N–H and O–H groups in total. The lowest BCUT2D eigenvalue weighted by Crippen LogP contribution is -2.71. The first kappa shape index (κ1) is 26.1. The molecule has 18 heteroatoms. The van der Waals surface area contributed by atoms with Gasteiger partial charge in [0.1, 0.15) is 23.2 Å². The number of nitrogens with zero attached hydrogens (tertiary/aromatic N) is 8. The van der Waals surface area contributed by atoms with Crippen LogP contribution in [-0.2, 0) is 26.3 Å². The zero-order chi connectivity index (χ0) is 26.8. The molecule has 38 heavy (non-hydrogen) atoms. The number of carboxylic acid groups (broad SMARTS) is 1. The van der Waals surface area contributed by atoms with Crippen LogP contribution in [0.4, 0.5) is 5.13 Å². The molecule has 2 aliphatic heterocycles. The SMILES string of the molecule is Cn1nnnc1SCC1=C(C(=O)O)N2C(=O)C(NC(=O)C(=NOC3C=CCCC3)c3nsc(N)n3)[C@H]2SC1. The first-order valence-corrected chi connectivity index (χ1v) is 14.2. The lowest BCUT2D eigenvalue weighted by Gasteiger charge is -2.49. The van der Waals surface area contributed by atoms with Gasteiger partial charge in [0, 0.05) is 30.1 Å². The summed E-state index contributed by atoms with van der Waals surface area (Å²) in [6, 6.07) is -0.963. The van der Waals surface area contributed by atoms with E-state index in [-0.39, 0.29) is 34.2 Å². The number of aliphatic carboxylic acids is 1. The van der Waals surface area contributed by atoms with Gasteiger partial charge in [-0.05, 0) is 41.3 Å². The van der Waals surface area contributed by atoms with Crippen molar-refractivity contribution in [2.45, 2.75) is 41.9 Å². The molecule has 0 spiro atoms. The van der Waals surface area contributed by atoms with Gasteiger partial charge in [-0.2, -0.15) is 9.36 Å². The van der Waals surface area contributed by atoms with Crippen LogP contribution in [0.2, 0.25) is 0 Å². The second kappa shape index (κ2) is 11.1. The minimum atomic E-state index is -1.22. The van der Waals surface area contributed by atoms with Gasteiger partial charge >= 0.3 is 5.97 Å². The van der Waals surface area contributed by atoms with Crippen LogP contribution in [0.25, 0.3) is 0 Å². The number of nitrogens with one attached hydrogen (secondary N) is 1. The minimum Gasteiger partial charge on any atom is -0.477 e.